The third-order valence-electron chi connectivity index (χ3n) is 3.03. The van der Waals surface area contributed by atoms with Crippen LogP contribution in [0.15, 0.2) is 0 Å². The number of carbonyl (C=O) groups is 2. The van der Waals surface area contributed by atoms with Crippen LogP contribution in [0.4, 0.5) is 13.6 Å². The van der Waals surface area contributed by atoms with E-state index in [1.807, 2.05) is 0 Å². The van der Waals surface area contributed by atoms with Crippen LogP contribution in [-0.2, 0) is 9.53 Å². The molecule has 0 aromatic heterocycles. The maximum Gasteiger partial charge on any atom is 0.417 e. The van der Waals surface area contributed by atoms with Crippen LogP contribution in [0.25, 0.3) is 0 Å². The van der Waals surface area contributed by atoms with E-state index in [4.69, 9.17) is 4.74 Å². The summed E-state index contributed by atoms with van der Waals surface area (Å²) in [6, 6.07) is -1.00. The molecule has 2 fully saturated rings. The highest BCUT2D eigenvalue weighted by molar-refractivity contribution is 5.97. The molecule has 0 N–H and O–H groups in total. The lowest BCUT2D eigenvalue weighted by atomic mass is 10.1. The number of halogens is 2. The van der Waals surface area contributed by atoms with Gasteiger partial charge in [-0.25, -0.2) is 18.5 Å². The number of piperidine rings is 1. The van der Waals surface area contributed by atoms with Crippen LogP contribution in [0.5, 0.6) is 0 Å². The number of imide groups is 1. The van der Waals surface area contributed by atoms with E-state index in [0.717, 1.165) is 4.90 Å². The van der Waals surface area contributed by atoms with E-state index in [0.29, 0.717) is 0 Å². The highest BCUT2D eigenvalue weighted by Gasteiger charge is 2.60. The Morgan fingerprint density at radius 1 is 1.35 bits per heavy atom. The van der Waals surface area contributed by atoms with Crippen molar-refractivity contribution in [2.75, 3.05) is 0 Å². The van der Waals surface area contributed by atoms with Gasteiger partial charge in [0.05, 0.1) is 12.0 Å². The highest BCUT2D eigenvalue weighted by Crippen LogP contribution is 2.43. The van der Waals surface area contributed by atoms with Crippen molar-refractivity contribution in [2.45, 2.75) is 51.2 Å². The summed E-state index contributed by atoms with van der Waals surface area (Å²) in [6.45, 7) is 4.94. The third kappa shape index (κ3) is 1.89. The predicted octanol–water partition coefficient (Wildman–Crippen LogP) is 1.83. The summed E-state index contributed by atoms with van der Waals surface area (Å²) < 4.78 is 31.7. The predicted molar refractivity (Wildman–Crippen MR) is 54.8 cm³/mol. The molecule has 6 heteroatoms. The maximum atomic E-state index is 13.5. The smallest absolute Gasteiger partial charge is 0.417 e. The second-order valence-corrected chi connectivity index (χ2v) is 5.49. The van der Waals surface area contributed by atoms with E-state index < -0.39 is 41.9 Å². The van der Waals surface area contributed by atoms with Gasteiger partial charge in [0.15, 0.2) is 6.17 Å². The van der Waals surface area contributed by atoms with Crippen LogP contribution >= 0.6 is 0 Å². The number of carbonyl (C=O) groups excluding carboxylic acids is 2. The Morgan fingerprint density at radius 3 is 2.41 bits per heavy atom. The SMILES string of the molecule is CC(C)(C)OC(=O)N1C(=O)C2CC1C(F)C2F. The molecule has 0 radical (unpaired) electrons. The van der Waals surface area contributed by atoms with Gasteiger partial charge in [-0.1, -0.05) is 0 Å². The molecule has 1 saturated carbocycles. The van der Waals surface area contributed by atoms with Gasteiger partial charge >= 0.3 is 6.09 Å². The molecular weight excluding hydrogens is 232 g/mol. The number of hydrogen-bond acceptors (Lipinski definition) is 3. The van der Waals surface area contributed by atoms with Crippen LogP contribution < -0.4 is 0 Å². The molecule has 1 aliphatic heterocycles. The topological polar surface area (TPSA) is 46.6 Å². The Hall–Kier alpha value is -1.20. The van der Waals surface area contributed by atoms with E-state index in [1.54, 1.807) is 20.8 Å². The van der Waals surface area contributed by atoms with Crippen molar-refractivity contribution in [3.63, 3.8) is 0 Å². The van der Waals surface area contributed by atoms with E-state index in [2.05, 4.69) is 0 Å². The van der Waals surface area contributed by atoms with Gasteiger partial charge in [-0.05, 0) is 27.2 Å². The lowest BCUT2D eigenvalue weighted by Crippen LogP contribution is -2.52. The Bertz CT molecular complexity index is 366. The monoisotopic (exact) mass is 247 g/mol. The Labute approximate surface area is 97.9 Å². The Balaban J connectivity index is 2.14. The third-order valence-corrected chi connectivity index (χ3v) is 3.03. The Morgan fingerprint density at radius 2 is 1.94 bits per heavy atom. The van der Waals surface area contributed by atoms with E-state index in [1.165, 1.54) is 0 Å². The van der Waals surface area contributed by atoms with Crippen molar-refractivity contribution in [2.24, 2.45) is 5.92 Å². The summed E-state index contributed by atoms with van der Waals surface area (Å²) in [4.78, 5) is 24.1. The lowest BCUT2D eigenvalue weighted by molar-refractivity contribution is -0.138. The van der Waals surface area contributed by atoms with Gasteiger partial charge in [0.1, 0.15) is 11.8 Å². The largest absolute Gasteiger partial charge is 0.443 e. The molecule has 0 spiro atoms. The molecule has 2 bridgehead atoms. The summed E-state index contributed by atoms with van der Waals surface area (Å²) in [5.74, 6) is -1.69. The summed E-state index contributed by atoms with van der Waals surface area (Å²) in [6.07, 6.45) is -4.40. The zero-order valence-electron chi connectivity index (χ0n) is 9.94. The molecule has 2 aliphatic rings. The van der Waals surface area contributed by atoms with Gasteiger partial charge < -0.3 is 4.74 Å². The van der Waals surface area contributed by atoms with Gasteiger partial charge in [-0.15, -0.1) is 0 Å². The average Bonchev–Trinajstić information content (AvgIpc) is 2.62. The van der Waals surface area contributed by atoms with Crippen molar-refractivity contribution in [3.05, 3.63) is 0 Å². The molecule has 4 atom stereocenters. The number of hydrogen-bond donors (Lipinski definition) is 0. The molecule has 4 nitrogen and oxygen atoms in total. The van der Waals surface area contributed by atoms with Gasteiger partial charge in [0, 0.05) is 0 Å². The van der Waals surface area contributed by atoms with Gasteiger partial charge in [0.25, 0.3) is 0 Å². The fourth-order valence-electron chi connectivity index (χ4n) is 2.32. The van der Waals surface area contributed by atoms with Gasteiger partial charge in [-0.3, -0.25) is 4.79 Å². The first-order valence-electron chi connectivity index (χ1n) is 5.56. The van der Waals surface area contributed by atoms with E-state index in [-0.39, 0.29) is 6.42 Å². The average molecular weight is 247 g/mol. The second kappa shape index (κ2) is 3.65. The van der Waals surface area contributed by atoms with Crippen LogP contribution in [-0.4, -0.2) is 40.9 Å². The first kappa shape index (κ1) is 12.3. The normalized spacial score (nSPS) is 36.5. The van der Waals surface area contributed by atoms with Crippen molar-refractivity contribution in [1.29, 1.82) is 0 Å². The maximum absolute atomic E-state index is 13.5. The summed E-state index contributed by atoms with van der Waals surface area (Å²) in [7, 11) is 0. The molecule has 96 valence electrons. The second-order valence-electron chi connectivity index (χ2n) is 5.49. The first-order chi connectivity index (χ1) is 7.72. The minimum absolute atomic E-state index is 0.0560. The molecule has 1 aliphatic carbocycles. The minimum Gasteiger partial charge on any atom is -0.443 e. The molecule has 0 aromatic rings. The first-order valence-corrected chi connectivity index (χ1v) is 5.56. The summed E-state index contributed by atoms with van der Waals surface area (Å²) >= 11 is 0. The van der Waals surface area contributed by atoms with E-state index in [9.17, 15) is 18.4 Å². The van der Waals surface area contributed by atoms with Crippen molar-refractivity contribution < 1.29 is 23.1 Å². The number of rotatable bonds is 0. The van der Waals surface area contributed by atoms with Gasteiger partial charge in [-0.2, -0.15) is 0 Å². The van der Waals surface area contributed by atoms with Gasteiger partial charge in [0.2, 0.25) is 5.91 Å². The van der Waals surface area contributed by atoms with Crippen LogP contribution in [0.3, 0.4) is 0 Å². The molecule has 17 heavy (non-hydrogen) atoms. The number of amides is 2. The zero-order valence-corrected chi connectivity index (χ0v) is 9.94. The molecule has 2 rings (SSSR count). The number of fused-ring (bicyclic) bond motifs is 2. The summed E-state index contributed by atoms with van der Waals surface area (Å²) in [5.41, 5.74) is -0.764. The standard InChI is InChI=1S/C11H15F2NO3/c1-11(2,3)17-10(16)14-6-4-5(9(14)15)7(12)8(6)13/h5-8H,4H2,1-3H3. The number of alkyl halides is 2. The molecule has 0 aromatic carbocycles. The van der Waals surface area contributed by atoms with Crippen molar-refractivity contribution in [3.8, 4) is 0 Å². The fraction of sp³-hybridized carbons (Fsp3) is 0.818. The van der Waals surface area contributed by atoms with Crippen LogP contribution in [0.1, 0.15) is 27.2 Å². The Kier molecular flexibility index (Phi) is 2.63. The molecule has 2 amide bonds. The number of nitrogens with zero attached hydrogens (tertiary/aromatic N) is 1. The van der Waals surface area contributed by atoms with Crippen molar-refractivity contribution >= 4 is 12.0 Å². The highest BCUT2D eigenvalue weighted by atomic mass is 19.2. The number of likely N-dealkylation sites (tertiary alicyclic amines) is 1. The van der Waals surface area contributed by atoms with E-state index >= 15 is 0 Å². The molecule has 1 heterocycles. The van der Waals surface area contributed by atoms with Crippen LogP contribution in [0, 0.1) is 5.92 Å². The molecular formula is C11H15F2NO3. The van der Waals surface area contributed by atoms with Crippen molar-refractivity contribution in [1.82, 2.24) is 4.90 Å². The lowest BCUT2D eigenvalue weighted by Gasteiger charge is -2.31. The van der Waals surface area contributed by atoms with Crippen LogP contribution in [0.2, 0.25) is 0 Å². The fourth-order valence-corrected chi connectivity index (χ4v) is 2.32. The minimum atomic E-state index is -1.79. The molecule has 1 saturated heterocycles. The molecule has 4 unspecified atom stereocenters. The summed E-state index contributed by atoms with van der Waals surface area (Å²) in [5, 5.41) is 0. The quantitative estimate of drug-likeness (QED) is 0.656. The zero-order chi connectivity index (χ0) is 13.0. The number of ether oxygens (including phenoxy) is 1.